The van der Waals surface area contributed by atoms with E-state index >= 15 is 0 Å². The van der Waals surface area contributed by atoms with Crippen molar-refractivity contribution in [2.24, 2.45) is 0 Å². The second kappa shape index (κ2) is 9.13. The van der Waals surface area contributed by atoms with Crippen molar-refractivity contribution in [3.05, 3.63) is 86.1 Å². The number of hydrogen-bond donors (Lipinski definition) is 0. The molecule has 0 radical (unpaired) electrons. The van der Waals surface area contributed by atoms with Crippen LogP contribution in [0.4, 0.5) is 13.2 Å². The Bertz CT molecular complexity index is 1290. The van der Waals surface area contributed by atoms with Crippen LogP contribution in [0.2, 0.25) is 10.0 Å². The molecule has 166 valence electrons. The number of alkyl halides is 3. The predicted molar refractivity (Wildman–Crippen MR) is 121 cm³/mol. The van der Waals surface area contributed by atoms with Gasteiger partial charge in [-0.3, -0.25) is 4.57 Å². The highest BCUT2D eigenvalue weighted by molar-refractivity contribution is 7.15. The van der Waals surface area contributed by atoms with E-state index in [1.165, 1.54) is 16.0 Å². The van der Waals surface area contributed by atoms with Gasteiger partial charge in [0, 0.05) is 37.5 Å². The van der Waals surface area contributed by atoms with Gasteiger partial charge in [0.2, 0.25) is 0 Å². The standard InChI is InChI=1S/C22H16Cl2F3N3OS/c23-15-7-5-14(6-8-15)20-28-30(21(31)29(20)12-11-22(25,26)27)13-16-9-10-19(32-16)17-3-1-2-4-18(17)24/h1-10H,11-13H2. The van der Waals surface area contributed by atoms with Gasteiger partial charge in [-0.2, -0.15) is 13.2 Å². The highest BCUT2D eigenvalue weighted by atomic mass is 35.5. The number of rotatable bonds is 6. The molecule has 4 aromatic rings. The quantitative estimate of drug-likeness (QED) is 0.295. The number of thiophene rings is 1. The Labute approximate surface area is 195 Å². The second-order valence-corrected chi connectivity index (χ2v) is 9.05. The van der Waals surface area contributed by atoms with Crippen molar-refractivity contribution in [2.45, 2.75) is 25.7 Å². The van der Waals surface area contributed by atoms with Crippen LogP contribution >= 0.6 is 34.5 Å². The Morgan fingerprint density at radius 2 is 1.69 bits per heavy atom. The molecule has 0 fully saturated rings. The molecule has 10 heteroatoms. The van der Waals surface area contributed by atoms with Crippen LogP contribution in [-0.4, -0.2) is 20.5 Å². The molecule has 0 bridgehead atoms. The van der Waals surface area contributed by atoms with Crippen LogP contribution in [0.25, 0.3) is 21.8 Å². The Hall–Kier alpha value is -2.55. The van der Waals surface area contributed by atoms with E-state index in [2.05, 4.69) is 5.10 Å². The first-order chi connectivity index (χ1) is 15.2. The fourth-order valence-corrected chi connectivity index (χ4v) is 4.66. The lowest BCUT2D eigenvalue weighted by Crippen LogP contribution is -2.27. The number of halogens is 5. The Kier molecular flexibility index (Phi) is 6.46. The minimum atomic E-state index is -4.39. The Balaban J connectivity index is 1.68. The molecule has 0 aliphatic rings. The third kappa shape index (κ3) is 5.09. The third-order valence-electron chi connectivity index (χ3n) is 4.75. The van der Waals surface area contributed by atoms with Crippen LogP contribution in [0, 0.1) is 0 Å². The zero-order valence-electron chi connectivity index (χ0n) is 16.4. The fourth-order valence-electron chi connectivity index (χ4n) is 3.21. The molecular weight excluding hydrogens is 482 g/mol. The van der Waals surface area contributed by atoms with Crippen LogP contribution < -0.4 is 5.69 Å². The van der Waals surface area contributed by atoms with Gasteiger partial charge < -0.3 is 0 Å². The number of benzene rings is 2. The summed E-state index contributed by atoms with van der Waals surface area (Å²) in [6, 6.07) is 17.6. The van der Waals surface area contributed by atoms with Crippen LogP contribution in [0.15, 0.2) is 65.5 Å². The summed E-state index contributed by atoms with van der Waals surface area (Å²) in [5, 5.41) is 5.43. The van der Waals surface area contributed by atoms with Gasteiger partial charge in [0.25, 0.3) is 0 Å². The van der Waals surface area contributed by atoms with Crippen molar-refractivity contribution < 1.29 is 13.2 Å². The minimum absolute atomic E-state index is 0.133. The first kappa shape index (κ1) is 22.6. The van der Waals surface area contributed by atoms with Gasteiger partial charge in [0.15, 0.2) is 5.82 Å². The molecule has 0 aliphatic carbocycles. The zero-order chi connectivity index (χ0) is 22.9. The zero-order valence-corrected chi connectivity index (χ0v) is 18.8. The lowest BCUT2D eigenvalue weighted by Gasteiger charge is -2.08. The second-order valence-electron chi connectivity index (χ2n) is 7.03. The molecule has 4 rings (SSSR count). The van der Waals surface area contributed by atoms with Crippen LogP contribution in [-0.2, 0) is 13.1 Å². The van der Waals surface area contributed by atoms with Crippen LogP contribution in [0.5, 0.6) is 0 Å². The molecule has 0 aliphatic heterocycles. The lowest BCUT2D eigenvalue weighted by atomic mass is 10.2. The maximum atomic E-state index is 12.9. The van der Waals surface area contributed by atoms with Gasteiger partial charge in [-0.15, -0.1) is 16.4 Å². The molecular formula is C22H16Cl2F3N3OS. The topological polar surface area (TPSA) is 39.8 Å². The van der Waals surface area contributed by atoms with Crippen molar-refractivity contribution in [2.75, 3.05) is 0 Å². The van der Waals surface area contributed by atoms with Gasteiger partial charge in [-0.25, -0.2) is 9.48 Å². The molecule has 0 atom stereocenters. The van der Waals surface area contributed by atoms with E-state index in [9.17, 15) is 18.0 Å². The number of hydrogen-bond acceptors (Lipinski definition) is 3. The average molecular weight is 498 g/mol. The molecule has 2 aromatic carbocycles. The fraction of sp³-hybridized carbons (Fsp3) is 0.182. The molecule has 0 N–H and O–H groups in total. The molecule has 2 aromatic heterocycles. The molecule has 32 heavy (non-hydrogen) atoms. The summed E-state index contributed by atoms with van der Waals surface area (Å²) in [6.45, 7) is -0.386. The van der Waals surface area contributed by atoms with E-state index < -0.39 is 24.8 Å². The van der Waals surface area contributed by atoms with Gasteiger partial charge in [-0.05, 0) is 42.5 Å². The van der Waals surface area contributed by atoms with Gasteiger partial charge in [-0.1, -0.05) is 41.4 Å². The number of nitrogens with zero attached hydrogens (tertiary/aromatic N) is 3. The van der Waals surface area contributed by atoms with Gasteiger partial charge in [0.05, 0.1) is 13.0 Å². The normalized spacial score (nSPS) is 11.8. The largest absolute Gasteiger partial charge is 0.390 e. The average Bonchev–Trinajstić information content (AvgIpc) is 3.32. The molecule has 2 heterocycles. The summed E-state index contributed by atoms with van der Waals surface area (Å²) in [6.07, 6.45) is -5.52. The maximum absolute atomic E-state index is 12.9. The van der Waals surface area contributed by atoms with Crippen molar-refractivity contribution in [3.63, 3.8) is 0 Å². The van der Waals surface area contributed by atoms with Crippen LogP contribution in [0.1, 0.15) is 11.3 Å². The summed E-state index contributed by atoms with van der Waals surface area (Å²) >= 11 is 13.6. The van der Waals surface area contributed by atoms with Crippen molar-refractivity contribution in [1.29, 1.82) is 0 Å². The smallest absolute Gasteiger partial charge is 0.275 e. The van der Waals surface area contributed by atoms with Crippen molar-refractivity contribution >= 4 is 34.5 Å². The van der Waals surface area contributed by atoms with E-state index in [0.717, 1.165) is 19.9 Å². The molecule has 0 amide bonds. The SMILES string of the molecule is O=c1n(Cc2ccc(-c3ccccc3Cl)s2)nc(-c2ccc(Cl)cc2)n1CCC(F)(F)F. The first-order valence-electron chi connectivity index (χ1n) is 9.55. The maximum Gasteiger partial charge on any atom is 0.390 e. The third-order valence-corrected chi connectivity index (χ3v) is 6.44. The lowest BCUT2D eigenvalue weighted by molar-refractivity contribution is -0.136. The minimum Gasteiger partial charge on any atom is -0.275 e. The van der Waals surface area contributed by atoms with E-state index in [1.807, 2.05) is 30.3 Å². The first-order valence-corrected chi connectivity index (χ1v) is 11.1. The van der Waals surface area contributed by atoms with Gasteiger partial charge >= 0.3 is 11.9 Å². The van der Waals surface area contributed by atoms with Gasteiger partial charge in [0.1, 0.15) is 0 Å². The predicted octanol–water partition coefficient (Wildman–Crippen LogP) is 6.75. The van der Waals surface area contributed by atoms with Crippen LogP contribution in [0.3, 0.4) is 0 Å². The Morgan fingerprint density at radius 3 is 2.38 bits per heavy atom. The molecule has 0 unspecified atom stereocenters. The molecule has 4 nitrogen and oxygen atoms in total. The summed E-state index contributed by atoms with van der Waals surface area (Å²) in [5.41, 5.74) is 0.776. The summed E-state index contributed by atoms with van der Waals surface area (Å²) in [4.78, 5) is 14.7. The van der Waals surface area contributed by atoms with E-state index in [0.29, 0.717) is 15.6 Å². The summed E-state index contributed by atoms with van der Waals surface area (Å²) in [7, 11) is 0. The van der Waals surface area contributed by atoms with Crippen molar-refractivity contribution in [1.82, 2.24) is 14.3 Å². The van der Waals surface area contributed by atoms with E-state index in [-0.39, 0.29) is 12.4 Å². The summed E-state index contributed by atoms with van der Waals surface area (Å²) < 4.78 is 40.8. The van der Waals surface area contributed by atoms with E-state index in [4.69, 9.17) is 23.2 Å². The molecule has 0 spiro atoms. The highest BCUT2D eigenvalue weighted by Gasteiger charge is 2.28. The highest BCUT2D eigenvalue weighted by Crippen LogP contribution is 2.33. The molecule has 0 saturated carbocycles. The summed E-state index contributed by atoms with van der Waals surface area (Å²) in [5.74, 6) is 0.166. The van der Waals surface area contributed by atoms with Crippen molar-refractivity contribution in [3.8, 4) is 21.8 Å². The van der Waals surface area contributed by atoms with E-state index in [1.54, 1.807) is 30.3 Å². The Morgan fingerprint density at radius 1 is 0.969 bits per heavy atom. The monoisotopic (exact) mass is 497 g/mol. The molecule has 0 saturated heterocycles. The number of aromatic nitrogens is 3.